The number of rotatable bonds is 2. The zero-order valence-corrected chi connectivity index (χ0v) is 12.1. The van der Waals surface area contributed by atoms with E-state index in [1.54, 1.807) is 12.1 Å². The van der Waals surface area contributed by atoms with Gasteiger partial charge in [-0.05, 0) is 38.2 Å². The molecule has 3 nitrogen and oxygen atoms in total. The Bertz CT molecular complexity index is 564. The van der Waals surface area contributed by atoms with Gasteiger partial charge in [-0.2, -0.15) is 0 Å². The van der Waals surface area contributed by atoms with E-state index in [1.165, 1.54) is 12.5 Å². The summed E-state index contributed by atoms with van der Waals surface area (Å²) < 4.78 is 14.2. The van der Waals surface area contributed by atoms with E-state index < -0.39 is 5.54 Å². The fourth-order valence-corrected chi connectivity index (χ4v) is 4.06. The van der Waals surface area contributed by atoms with Crippen molar-refractivity contribution in [3.63, 3.8) is 0 Å². The molecule has 1 aromatic carbocycles. The van der Waals surface area contributed by atoms with Crippen LogP contribution in [0, 0.1) is 5.82 Å². The molecule has 112 valence electrons. The Morgan fingerprint density at radius 2 is 1.86 bits per heavy atom. The molecule has 3 aliphatic rings. The minimum Gasteiger partial charge on any atom is -0.318 e. The number of amides is 1. The van der Waals surface area contributed by atoms with Crippen molar-refractivity contribution in [3.05, 3.63) is 35.6 Å². The van der Waals surface area contributed by atoms with Crippen LogP contribution >= 0.6 is 0 Å². The van der Waals surface area contributed by atoms with E-state index in [9.17, 15) is 9.18 Å². The minimum absolute atomic E-state index is 0.206. The lowest BCUT2D eigenvalue weighted by Crippen LogP contribution is -2.47. The normalized spacial score (nSPS) is 28.3. The maximum atomic E-state index is 14.2. The monoisotopic (exact) mass is 288 g/mol. The van der Waals surface area contributed by atoms with Crippen molar-refractivity contribution in [1.29, 1.82) is 0 Å². The van der Waals surface area contributed by atoms with E-state index in [4.69, 9.17) is 0 Å². The van der Waals surface area contributed by atoms with Crippen molar-refractivity contribution >= 4 is 5.91 Å². The number of nitrogens with one attached hydrogen (secondary N) is 1. The number of hydrogen-bond donors (Lipinski definition) is 1. The van der Waals surface area contributed by atoms with Crippen LogP contribution in [0.2, 0.25) is 0 Å². The second-order valence-electron chi connectivity index (χ2n) is 6.65. The average molecular weight is 288 g/mol. The minimum atomic E-state index is -0.428. The molecule has 1 spiro atoms. The molecule has 1 saturated heterocycles. The van der Waals surface area contributed by atoms with Crippen molar-refractivity contribution < 1.29 is 9.18 Å². The van der Waals surface area contributed by atoms with Gasteiger partial charge in [0, 0.05) is 11.6 Å². The smallest absolute Gasteiger partial charge is 0.244 e. The molecule has 1 aliphatic heterocycles. The van der Waals surface area contributed by atoms with E-state index in [0.717, 1.165) is 38.5 Å². The number of carbonyl (C=O) groups excluding carboxylic acids is 1. The third-order valence-electron chi connectivity index (χ3n) is 5.46. The highest BCUT2D eigenvalue weighted by Crippen LogP contribution is 2.44. The van der Waals surface area contributed by atoms with Gasteiger partial charge in [0.1, 0.15) is 12.0 Å². The van der Waals surface area contributed by atoms with Crippen molar-refractivity contribution in [2.24, 2.45) is 0 Å². The second kappa shape index (κ2) is 4.80. The van der Waals surface area contributed by atoms with Crippen molar-refractivity contribution in [1.82, 2.24) is 10.2 Å². The van der Waals surface area contributed by atoms with E-state index >= 15 is 0 Å². The van der Waals surface area contributed by atoms with Gasteiger partial charge in [-0.15, -0.1) is 0 Å². The first-order valence-corrected chi connectivity index (χ1v) is 8.06. The SMILES string of the molecule is O=C1N(C2CCC2)C(c2ccccc2F)NC12CCCC2. The number of hydrogen-bond acceptors (Lipinski definition) is 2. The lowest BCUT2D eigenvalue weighted by molar-refractivity contribution is -0.137. The number of carbonyl (C=O) groups is 1. The molecular weight excluding hydrogens is 267 g/mol. The maximum absolute atomic E-state index is 14.2. The maximum Gasteiger partial charge on any atom is 0.244 e. The molecular formula is C17H21FN2O. The van der Waals surface area contributed by atoms with Gasteiger partial charge in [-0.3, -0.25) is 10.1 Å². The first kappa shape index (κ1) is 13.3. The molecule has 1 aromatic rings. The van der Waals surface area contributed by atoms with Crippen LogP contribution in [-0.4, -0.2) is 22.4 Å². The summed E-state index contributed by atoms with van der Waals surface area (Å²) in [6, 6.07) is 7.13. The van der Waals surface area contributed by atoms with Gasteiger partial charge in [0.15, 0.2) is 0 Å². The summed E-state index contributed by atoms with van der Waals surface area (Å²) in [6.45, 7) is 0. The van der Waals surface area contributed by atoms with Gasteiger partial charge >= 0.3 is 0 Å². The molecule has 1 N–H and O–H groups in total. The lowest BCUT2D eigenvalue weighted by atomic mass is 9.89. The first-order chi connectivity index (χ1) is 10.2. The summed E-state index contributed by atoms with van der Waals surface area (Å²) in [7, 11) is 0. The summed E-state index contributed by atoms with van der Waals surface area (Å²) in [4.78, 5) is 15.0. The van der Waals surface area contributed by atoms with Gasteiger partial charge in [-0.1, -0.05) is 31.0 Å². The topological polar surface area (TPSA) is 32.3 Å². The molecule has 0 bridgehead atoms. The van der Waals surface area contributed by atoms with Gasteiger partial charge in [0.2, 0.25) is 5.91 Å². The number of halogens is 1. The zero-order chi connectivity index (χ0) is 14.4. The molecule has 0 radical (unpaired) electrons. The molecule has 4 rings (SSSR count). The predicted molar refractivity (Wildman–Crippen MR) is 78.0 cm³/mol. The van der Waals surface area contributed by atoms with Gasteiger partial charge in [0.25, 0.3) is 0 Å². The van der Waals surface area contributed by atoms with E-state index in [2.05, 4.69) is 5.32 Å². The summed E-state index contributed by atoms with van der Waals surface area (Å²) >= 11 is 0. The van der Waals surface area contributed by atoms with Crippen molar-refractivity contribution in [2.75, 3.05) is 0 Å². The van der Waals surface area contributed by atoms with Gasteiger partial charge in [0.05, 0.1) is 5.54 Å². The molecule has 4 heteroatoms. The molecule has 1 amide bonds. The predicted octanol–water partition coefficient (Wildman–Crippen LogP) is 3.12. The Kier molecular flexibility index (Phi) is 3.03. The van der Waals surface area contributed by atoms with Crippen LogP contribution in [0.1, 0.15) is 56.7 Å². The van der Waals surface area contributed by atoms with E-state index in [-0.39, 0.29) is 23.9 Å². The molecule has 0 aromatic heterocycles. The third-order valence-corrected chi connectivity index (χ3v) is 5.46. The summed E-state index contributed by atoms with van der Waals surface area (Å²) in [5.74, 6) is -0.0138. The van der Waals surface area contributed by atoms with Crippen molar-refractivity contribution in [2.45, 2.75) is 62.7 Å². The van der Waals surface area contributed by atoms with Crippen LogP contribution in [0.15, 0.2) is 24.3 Å². The standard InChI is InChI=1S/C17H21FN2O/c18-14-9-2-1-8-13(14)15-19-17(10-3-4-11-17)16(21)20(15)12-6-5-7-12/h1-2,8-9,12,15,19H,3-7,10-11H2. The van der Waals surface area contributed by atoms with E-state index in [1.807, 2.05) is 11.0 Å². The fourth-order valence-electron chi connectivity index (χ4n) is 4.06. The fraction of sp³-hybridized carbons (Fsp3) is 0.588. The molecule has 2 saturated carbocycles. The Hall–Kier alpha value is -1.42. The van der Waals surface area contributed by atoms with Crippen LogP contribution in [0.4, 0.5) is 4.39 Å². The third kappa shape index (κ3) is 1.92. The van der Waals surface area contributed by atoms with Crippen LogP contribution in [-0.2, 0) is 4.79 Å². The van der Waals surface area contributed by atoms with Gasteiger partial charge in [-0.25, -0.2) is 4.39 Å². The molecule has 1 heterocycles. The van der Waals surface area contributed by atoms with Crippen LogP contribution in [0.25, 0.3) is 0 Å². The van der Waals surface area contributed by atoms with Gasteiger partial charge < -0.3 is 4.90 Å². The Balaban J connectivity index is 1.73. The Labute approximate surface area is 124 Å². The summed E-state index contributed by atoms with van der Waals surface area (Å²) in [5, 5.41) is 3.51. The van der Waals surface area contributed by atoms with Crippen LogP contribution in [0.5, 0.6) is 0 Å². The largest absolute Gasteiger partial charge is 0.318 e. The summed E-state index contributed by atoms with van der Waals surface area (Å²) in [5.41, 5.74) is 0.184. The molecule has 1 unspecified atom stereocenters. The van der Waals surface area contributed by atoms with Crippen LogP contribution < -0.4 is 5.32 Å². The van der Waals surface area contributed by atoms with E-state index in [0.29, 0.717) is 5.56 Å². The Morgan fingerprint density at radius 3 is 2.48 bits per heavy atom. The lowest BCUT2D eigenvalue weighted by Gasteiger charge is -2.38. The average Bonchev–Trinajstić information content (AvgIpc) is 2.99. The highest BCUT2D eigenvalue weighted by atomic mass is 19.1. The highest BCUT2D eigenvalue weighted by molar-refractivity contribution is 5.89. The van der Waals surface area contributed by atoms with Crippen LogP contribution in [0.3, 0.4) is 0 Å². The highest BCUT2D eigenvalue weighted by Gasteiger charge is 2.55. The first-order valence-electron chi connectivity index (χ1n) is 8.06. The second-order valence-corrected chi connectivity index (χ2v) is 6.65. The molecule has 2 aliphatic carbocycles. The quantitative estimate of drug-likeness (QED) is 0.907. The number of benzene rings is 1. The summed E-state index contributed by atoms with van der Waals surface area (Å²) in [6.07, 6.45) is 6.93. The molecule has 1 atom stereocenters. The Morgan fingerprint density at radius 1 is 1.14 bits per heavy atom. The number of nitrogens with zero attached hydrogens (tertiary/aromatic N) is 1. The molecule has 3 fully saturated rings. The zero-order valence-electron chi connectivity index (χ0n) is 12.1. The molecule has 21 heavy (non-hydrogen) atoms. The van der Waals surface area contributed by atoms with Crippen molar-refractivity contribution in [3.8, 4) is 0 Å².